The smallest absolute Gasteiger partial charge is 0.150 e. The number of nitrogens with zero attached hydrogens (tertiary/aromatic N) is 1. The van der Waals surface area contributed by atoms with Gasteiger partial charge in [-0.05, 0) is 52.2 Å². The first kappa shape index (κ1) is 23.6. The van der Waals surface area contributed by atoms with Crippen LogP contribution in [0.2, 0.25) is 0 Å². The normalized spacial score (nSPS) is 21.9. The molecule has 180 valence electrons. The third-order valence-corrected chi connectivity index (χ3v) is 7.15. The van der Waals surface area contributed by atoms with Crippen LogP contribution in [0.1, 0.15) is 48.4 Å². The monoisotopic (exact) mass is 471 g/mol. The largest absolute Gasteiger partial charge is 0.382 e. The summed E-state index contributed by atoms with van der Waals surface area (Å²) in [5, 5.41) is 4.54. The van der Waals surface area contributed by atoms with Gasteiger partial charge in [-0.1, -0.05) is 123 Å². The maximum atomic E-state index is 6.29. The summed E-state index contributed by atoms with van der Waals surface area (Å²) in [6.45, 7) is 4.55. The van der Waals surface area contributed by atoms with Crippen molar-refractivity contribution in [2.24, 2.45) is 22.7 Å². The lowest BCUT2D eigenvalue weighted by Crippen LogP contribution is -2.23. The number of allylic oxidation sites excluding steroid dienone is 7. The minimum absolute atomic E-state index is 0.258. The van der Waals surface area contributed by atoms with Crippen LogP contribution in [-0.2, 0) is 0 Å². The molecule has 3 atom stereocenters. The van der Waals surface area contributed by atoms with Crippen molar-refractivity contribution >= 4 is 17.0 Å². The van der Waals surface area contributed by atoms with Gasteiger partial charge in [-0.25, -0.2) is 0 Å². The first-order valence-corrected chi connectivity index (χ1v) is 12.7. The fourth-order valence-corrected chi connectivity index (χ4v) is 5.05. The Hall–Kier alpha value is -4.11. The number of nitrogens with one attached hydrogen (secondary N) is 1. The van der Waals surface area contributed by atoms with E-state index in [1.807, 2.05) is 30.3 Å². The Morgan fingerprint density at radius 3 is 2.14 bits per heavy atom. The van der Waals surface area contributed by atoms with Crippen LogP contribution in [0, 0.1) is 11.8 Å². The summed E-state index contributed by atoms with van der Waals surface area (Å²) < 4.78 is 0. The van der Waals surface area contributed by atoms with Gasteiger partial charge in [0, 0.05) is 11.5 Å². The van der Waals surface area contributed by atoms with E-state index in [-0.39, 0.29) is 11.8 Å². The SMILES string of the molecule is CC1C=CC(c2ccc(C3=C(NN=C(N)c4ccccc4)C=CC(c4ccccc4)C3C)cc2)=CC1. The Kier molecular flexibility index (Phi) is 6.99. The molecule has 3 unspecified atom stereocenters. The van der Waals surface area contributed by atoms with E-state index in [1.165, 1.54) is 27.8 Å². The molecule has 5 rings (SSSR count). The van der Waals surface area contributed by atoms with Gasteiger partial charge < -0.3 is 5.73 Å². The van der Waals surface area contributed by atoms with E-state index in [9.17, 15) is 0 Å². The molecule has 3 heteroatoms. The second-order valence-corrected chi connectivity index (χ2v) is 9.70. The summed E-state index contributed by atoms with van der Waals surface area (Å²) in [7, 11) is 0. The average Bonchev–Trinajstić information content (AvgIpc) is 2.93. The molecule has 2 aliphatic rings. The van der Waals surface area contributed by atoms with Crippen molar-refractivity contribution in [3.05, 3.63) is 143 Å². The van der Waals surface area contributed by atoms with Gasteiger partial charge in [-0.3, -0.25) is 5.43 Å². The van der Waals surface area contributed by atoms with Crippen molar-refractivity contribution in [1.29, 1.82) is 0 Å². The summed E-state index contributed by atoms with van der Waals surface area (Å²) in [6.07, 6.45) is 12.4. The molecule has 0 aliphatic heterocycles. The Morgan fingerprint density at radius 1 is 0.806 bits per heavy atom. The maximum Gasteiger partial charge on any atom is 0.150 e. The summed E-state index contributed by atoms with van der Waals surface area (Å²) in [5.41, 5.74) is 17.8. The van der Waals surface area contributed by atoms with Gasteiger partial charge in [-0.15, -0.1) is 0 Å². The van der Waals surface area contributed by atoms with Crippen molar-refractivity contribution in [1.82, 2.24) is 5.43 Å². The summed E-state index contributed by atoms with van der Waals surface area (Å²) >= 11 is 0. The number of hydrogen-bond acceptors (Lipinski definition) is 2. The summed E-state index contributed by atoms with van der Waals surface area (Å²) in [6, 6.07) is 29.5. The van der Waals surface area contributed by atoms with Gasteiger partial charge in [0.05, 0.1) is 5.70 Å². The molecule has 0 bridgehead atoms. The van der Waals surface area contributed by atoms with E-state index >= 15 is 0 Å². The van der Waals surface area contributed by atoms with Gasteiger partial charge in [0.2, 0.25) is 0 Å². The molecular weight excluding hydrogens is 438 g/mol. The minimum Gasteiger partial charge on any atom is -0.382 e. The van der Waals surface area contributed by atoms with Crippen molar-refractivity contribution in [3.8, 4) is 0 Å². The molecule has 0 saturated carbocycles. The minimum atomic E-state index is 0.258. The second-order valence-electron chi connectivity index (χ2n) is 9.70. The first-order chi connectivity index (χ1) is 17.6. The van der Waals surface area contributed by atoms with E-state index in [0.29, 0.717) is 11.8 Å². The Labute approximate surface area is 214 Å². The maximum absolute atomic E-state index is 6.29. The van der Waals surface area contributed by atoms with E-state index < -0.39 is 0 Å². The molecule has 0 saturated heterocycles. The predicted molar refractivity (Wildman–Crippen MR) is 152 cm³/mol. The second kappa shape index (κ2) is 10.7. The zero-order chi connectivity index (χ0) is 24.9. The van der Waals surface area contributed by atoms with Gasteiger partial charge in [-0.2, -0.15) is 5.10 Å². The van der Waals surface area contributed by atoms with Crippen molar-refractivity contribution in [2.75, 3.05) is 0 Å². The van der Waals surface area contributed by atoms with E-state index in [2.05, 4.69) is 109 Å². The third kappa shape index (κ3) is 5.11. The summed E-state index contributed by atoms with van der Waals surface area (Å²) in [4.78, 5) is 0. The molecule has 36 heavy (non-hydrogen) atoms. The molecule has 0 heterocycles. The number of rotatable bonds is 6. The van der Waals surface area contributed by atoms with Gasteiger partial charge >= 0.3 is 0 Å². The summed E-state index contributed by atoms with van der Waals surface area (Å²) in [5.74, 6) is 1.62. The Bertz CT molecular complexity index is 1340. The lowest BCUT2D eigenvalue weighted by molar-refractivity contribution is 0.641. The van der Waals surface area contributed by atoms with Gasteiger partial charge in [0.1, 0.15) is 0 Å². The average molecular weight is 472 g/mol. The lowest BCUT2D eigenvalue weighted by atomic mass is 9.76. The number of amidine groups is 1. The van der Waals surface area contributed by atoms with E-state index in [1.54, 1.807) is 0 Å². The van der Waals surface area contributed by atoms with Crippen molar-refractivity contribution in [2.45, 2.75) is 26.2 Å². The predicted octanol–water partition coefficient (Wildman–Crippen LogP) is 7.28. The van der Waals surface area contributed by atoms with Gasteiger partial charge in [0.15, 0.2) is 5.84 Å². The molecule has 3 aromatic carbocycles. The van der Waals surface area contributed by atoms with Crippen LogP contribution in [0.15, 0.2) is 126 Å². The quantitative estimate of drug-likeness (QED) is 0.225. The number of hydrazone groups is 1. The number of benzene rings is 3. The number of hydrogen-bond donors (Lipinski definition) is 2. The zero-order valence-electron chi connectivity index (χ0n) is 20.9. The molecule has 2 aliphatic carbocycles. The molecule has 3 aromatic rings. The van der Waals surface area contributed by atoms with Crippen LogP contribution < -0.4 is 11.2 Å². The standard InChI is InChI=1S/C33H33N3/c1-23-13-15-25(16-14-23)26-17-19-28(20-18-26)32-24(2)30(27-9-5-3-6-10-27)21-22-31(32)35-36-33(34)29-11-7-4-8-12-29/h3-13,15-24,30,35H,14H2,1-2H3,(H2,34,36). The van der Waals surface area contributed by atoms with Gasteiger partial charge in [0.25, 0.3) is 0 Å². The molecule has 3 nitrogen and oxygen atoms in total. The third-order valence-electron chi connectivity index (χ3n) is 7.15. The topological polar surface area (TPSA) is 50.4 Å². The Morgan fingerprint density at radius 2 is 1.47 bits per heavy atom. The highest BCUT2D eigenvalue weighted by atomic mass is 15.3. The molecule has 0 fully saturated rings. The molecule has 0 spiro atoms. The van der Waals surface area contributed by atoms with Crippen LogP contribution in [0.25, 0.3) is 11.1 Å². The van der Waals surface area contributed by atoms with Crippen LogP contribution in [-0.4, -0.2) is 5.84 Å². The van der Waals surface area contributed by atoms with Crippen molar-refractivity contribution in [3.63, 3.8) is 0 Å². The molecular formula is C33H33N3. The van der Waals surface area contributed by atoms with Crippen LogP contribution >= 0.6 is 0 Å². The fourth-order valence-electron chi connectivity index (χ4n) is 5.05. The van der Waals surface area contributed by atoms with Crippen molar-refractivity contribution < 1.29 is 0 Å². The highest BCUT2D eigenvalue weighted by Gasteiger charge is 2.27. The number of nitrogens with two attached hydrogens (primary N) is 1. The molecule has 3 N–H and O–H groups in total. The van der Waals surface area contributed by atoms with Crippen LogP contribution in [0.5, 0.6) is 0 Å². The van der Waals surface area contributed by atoms with Crippen LogP contribution in [0.3, 0.4) is 0 Å². The molecule has 0 aromatic heterocycles. The first-order valence-electron chi connectivity index (χ1n) is 12.7. The fraction of sp³-hybridized carbons (Fsp3) is 0.182. The Balaban J connectivity index is 1.49. The highest BCUT2D eigenvalue weighted by molar-refractivity contribution is 5.97. The zero-order valence-corrected chi connectivity index (χ0v) is 20.9. The highest BCUT2D eigenvalue weighted by Crippen LogP contribution is 2.41. The lowest BCUT2D eigenvalue weighted by Gasteiger charge is -2.30. The molecule has 0 amide bonds. The molecule has 0 radical (unpaired) electrons. The van der Waals surface area contributed by atoms with E-state index in [0.717, 1.165) is 17.7 Å². The van der Waals surface area contributed by atoms with E-state index in [4.69, 9.17) is 5.73 Å². The van der Waals surface area contributed by atoms with Crippen LogP contribution in [0.4, 0.5) is 0 Å².